The molecule has 3 atom stereocenters. The van der Waals surface area contributed by atoms with Crippen LogP contribution in [0.5, 0.6) is 0 Å². The summed E-state index contributed by atoms with van der Waals surface area (Å²) in [4.78, 5) is 2.44. The summed E-state index contributed by atoms with van der Waals surface area (Å²) >= 11 is 1.85. The van der Waals surface area contributed by atoms with E-state index in [1.54, 1.807) is 0 Å². The van der Waals surface area contributed by atoms with Gasteiger partial charge in [0.05, 0.1) is 12.0 Å². The molecule has 0 N–H and O–H groups in total. The summed E-state index contributed by atoms with van der Waals surface area (Å²) in [6.07, 6.45) is 28.3. The van der Waals surface area contributed by atoms with Crippen molar-refractivity contribution in [2.75, 3.05) is 4.90 Å². The monoisotopic (exact) mass is 651 g/mol. The van der Waals surface area contributed by atoms with Crippen LogP contribution in [-0.2, 0) is 0 Å². The number of benzene rings is 4. The van der Waals surface area contributed by atoms with Crippen LogP contribution in [0.2, 0.25) is 0 Å². The Morgan fingerprint density at radius 3 is 2.43 bits per heavy atom. The summed E-state index contributed by atoms with van der Waals surface area (Å²) in [6.45, 7) is 8.58. The highest BCUT2D eigenvalue weighted by Crippen LogP contribution is 2.43. The summed E-state index contributed by atoms with van der Waals surface area (Å²) in [5.41, 5.74) is 9.76. The van der Waals surface area contributed by atoms with Crippen LogP contribution in [0.15, 0.2) is 175 Å². The normalized spacial score (nSPS) is 18.6. The van der Waals surface area contributed by atoms with Crippen molar-refractivity contribution in [3.8, 4) is 23.5 Å². The molecule has 49 heavy (non-hydrogen) atoms. The lowest BCUT2D eigenvalue weighted by molar-refractivity contribution is 0.625. The maximum atomic E-state index is 6.25. The fourth-order valence-electron chi connectivity index (χ4n) is 7.30. The second kappa shape index (κ2) is 14.4. The molecule has 0 saturated heterocycles. The average molecular weight is 652 g/mol. The minimum absolute atomic E-state index is 0.0495. The molecule has 0 bridgehead atoms. The minimum atomic E-state index is -0.120. The first-order valence-corrected chi connectivity index (χ1v) is 18.0. The van der Waals surface area contributed by atoms with Crippen molar-refractivity contribution in [3.63, 3.8) is 0 Å². The number of rotatable bonds is 9. The van der Waals surface area contributed by atoms with Crippen LogP contribution in [0, 0.1) is 24.2 Å². The van der Waals surface area contributed by atoms with E-state index in [1.807, 2.05) is 17.4 Å². The predicted molar refractivity (Wildman–Crippen MR) is 215 cm³/mol. The van der Waals surface area contributed by atoms with E-state index >= 15 is 0 Å². The quantitative estimate of drug-likeness (QED) is 0.0871. The molecular formula is C47H41NS. The van der Waals surface area contributed by atoms with Crippen LogP contribution in [0.1, 0.15) is 32.3 Å². The van der Waals surface area contributed by atoms with Gasteiger partial charge in [0.15, 0.2) is 0 Å². The van der Waals surface area contributed by atoms with Gasteiger partial charge in [-0.2, -0.15) is 0 Å². The van der Waals surface area contributed by atoms with Gasteiger partial charge in [-0.15, -0.1) is 24.3 Å². The minimum Gasteiger partial charge on any atom is -0.331 e. The zero-order valence-electron chi connectivity index (χ0n) is 28.2. The van der Waals surface area contributed by atoms with Crippen LogP contribution >= 0.6 is 11.3 Å². The van der Waals surface area contributed by atoms with Gasteiger partial charge < -0.3 is 4.90 Å². The Labute approximate surface area is 295 Å². The number of anilines is 1. The number of allylic oxidation sites excluding steroid dienone is 10. The number of nitrogens with zero attached hydrogens (tertiary/aromatic N) is 1. The Morgan fingerprint density at radius 2 is 1.67 bits per heavy atom. The van der Waals surface area contributed by atoms with Crippen molar-refractivity contribution >= 4 is 42.8 Å². The molecule has 0 fully saturated rings. The van der Waals surface area contributed by atoms with Crippen molar-refractivity contribution in [3.05, 3.63) is 181 Å². The Bertz CT molecular complexity index is 2230. The van der Waals surface area contributed by atoms with E-state index < -0.39 is 0 Å². The third-order valence-electron chi connectivity index (χ3n) is 9.74. The summed E-state index contributed by atoms with van der Waals surface area (Å²) in [6, 6.07) is 34.9. The maximum Gasteiger partial charge on any atom is 0.0706 e. The number of hydrogen-bond donors (Lipinski definition) is 0. The molecule has 0 spiro atoms. The molecule has 2 heteroatoms. The van der Waals surface area contributed by atoms with Crippen molar-refractivity contribution in [2.45, 2.75) is 32.7 Å². The molecule has 0 amide bonds. The lowest BCUT2D eigenvalue weighted by atomic mass is 9.74. The lowest BCUT2D eigenvalue weighted by Gasteiger charge is -2.40. The average Bonchev–Trinajstić information content (AvgIpc) is 3.54. The molecule has 2 aliphatic carbocycles. The fraction of sp³-hybridized carbons (Fsp3) is 0.149. The summed E-state index contributed by atoms with van der Waals surface area (Å²) in [5, 5.41) is 2.62. The SMILES string of the molecule is C#CC1C=C(N(c2ccc(-c3ccccc3)cc2)C(C=C)/C=C\C(=C/C)c2ccc3sc4ccccc4c3c2)C2=C(C=CCC2)C1/C=C\C. The number of terminal acetylenes is 1. The highest BCUT2D eigenvalue weighted by molar-refractivity contribution is 7.25. The van der Waals surface area contributed by atoms with Gasteiger partial charge in [-0.1, -0.05) is 121 Å². The zero-order chi connectivity index (χ0) is 33.7. The van der Waals surface area contributed by atoms with E-state index in [0.717, 1.165) is 18.5 Å². The van der Waals surface area contributed by atoms with E-state index in [-0.39, 0.29) is 17.9 Å². The summed E-state index contributed by atoms with van der Waals surface area (Å²) < 4.78 is 2.63. The van der Waals surface area contributed by atoms with Gasteiger partial charge in [-0.25, -0.2) is 0 Å². The largest absolute Gasteiger partial charge is 0.331 e. The van der Waals surface area contributed by atoms with E-state index in [1.165, 1.54) is 59.3 Å². The van der Waals surface area contributed by atoms with Crippen LogP contribution in [-0.4, -0.2) is 6.04 Å². The number of fused-ring (bicyclic) bond motifs is 3. The number of thiophene rings is 1. The third kappa shape index (κ3) is 6.31. The van der Waals surface area contributed by atoms with Gasteiger partial charge in [0.1, 0.15) is 0 Å². The first-order chi connectivity index (χ1) is 24.1. The smallest absolute Gasteiger partial charge is 0.0706 e. The maximum absolute atomic E-state index is 6.25. The first kappa shape index (κ1) is 32.2. The van der Waals surface area contributed by atoms with Gasteiger partial charge >= 0.3 is 0 Å². The molecule has 5 aromatic rings. The van der Waals surface area contributed by atoms with E-state index in [4.69, 9.17) is 6.42 Å². The predicted octanol–water partition coefficient (Wildman–Crippen LogP) is 12.7. The van der Waals surface area contributed by atoms with Crippen LogP contribution in [0.3, 0.4) is 0 Å². The molecule has 0 aliphatic heterocycles. The van der Waals surface area contributed by atoms with E-state index in [9.17, 15) is 0 Å². The van der Waals surface area contributed by atoms with Crippen molar-refractivity contribution in [1.29, 1.82) is 0 Å². The molecule has 240 valence electrons. The standard InChI is InChI=1S/C47H41NS/c1-5-16-40-34(7-3)32-45(42-20-13-12-19-41(40)42)48(39-28-24-36(25-29-39)35-17-10-9-11-18-35)38(8-4)27-23-33(6-2)37-26-30-47-44(31-37)43-21-14-15-22-46(43)49-47/h3,5-6,8-12,14-19,21-32,34,38,40H,4,13,20H2,1-2H3/b16-5-,27-23-,33-6+. The Hall–Kier alpha value is -5.36. The zero-order valence-corrected chi connectivity index (χ0v) is 29.0. The van der Waals surface area contributed by atoms with Gasteiger partial charge in [0.25, 0.3) is 0 Å². The van der Waals surface area contributed by atoms with Crippen LogP contribution in [0.4, 0.5) is 5.69 Å². The highest BCUT2D eigenvalue weighted by Gasteiger charge is 2.33. The molecule has 0 radical (unpaired) electrons. The van der Waals surface area contributed by atoms with Crippen LogP contribution < -0.4 is 4.90 Å². The van der Waals surface area contributed by atoms with Crippen molar-refractivity contribution < 1.29 is 0 Å². The lowest BCUT2D eigenvalue weighted by Crippen LogP contribution is -2.36. The Balaban J connectivity index is 1.31. The van der Waals surface area contributed by atoms with Crippen LogP contribution in [0.25, 0.3) is 36.9 Å². The molecule has 7 rings (SSSR count). The van der Waals surface area contributed by atoms with Crippen molar-refractivity contribution in [2.24, 2.45) is 11.8 Å². The number of hydrogen-bond acceptors (Lipinski definition) is 2. The van der Waals surface area contributed by atoms with E-state index in [0.29, 0.717) is 0 Å². The molecule has 1 aromatic heterocycles. The molecule has 3 unspecified atom stereocenters. The highest BCUT2D eigenvalue weighted by atomic mass is 32.1. The van der Waals surface area contributed by atoms with Crippen molar-refractivity contribution in [1.82, 2.24) is 0 Å². The molecule has 0 saturated carbocycles. The molecule has 4 aromatic carbocycles. The van der Waals surface area contributed by atoms with Gasteiger partial charge in [-0.05, 0) is 96.5 Å². The second-order valence-corrected chi connectivity index (χ2v) is 13.7. The molecule has 2 aliphatic rings. The molecular weight excluding hydrogens is 611 g/mol. The first-order valence-electron chi connectivity index (χ1n) is 17.2. The topological polar surface area (TPSA) is 3.24 Å². The summed E-state index contributed by atoms with van der Waals surface area (Å²) in [5.74, 6) is 3.25. The molecule has 1 heterocycles. The third-order valence-corrected chi connectivity index (χ3v) is 10.9. The Morgan fingerprint density at radius 1 is 0.918 bits per heavy atom. The van der Waals surface area contributed by atoms with Gasteiger partial charge in [0, 0.05) is 37.5 Å². The molecule has 1 nitrogen and oxygen atoms in total. The second-order valence-electron chi connectivity index (χ2n) is 12.6. The fourth-order valence-corrected chi connectivity index (χ4v) is 8.39. The van der Waals surface area contributed by atoms with Gasteiger partial charge in [0.2, 0.25) is 0 Å². The Kier molecular flexibility index (Phi) is 9.47. The van der Waals surface area contributed by atoms with Gasteiger partial charge in [-0.3, -0.25) is 0 Å². The van der Waals surface area contributed by atoms with E-state index in [2.05, 4.69) is 177 Å². The summed E-state index contributed by atoms with van der Waals surface area (Å²) in [7, 11) is 0.